The number of piperazine rings is 1. The number of aryl methyl sites for hydroxylation is 1. The Labute approximate surface area is 150 Å². The molecule has 1 aromatic rings. The van der Waals surface area contributed by atoms with Gasteiger partial charge in [-0.25, -0.2) is 8.42 Å². The lowest BCUT2D eigenvalue weighted by Crippen LogP contribution is -2.53. The van der Waals surface area contributed by atoms with Crippen LogP contribution >= 0.6 is 12.4 Å². The van der Waals surface area contributed by atoms with Crippen LogP contribution in [0.1, 0.15) is 25.8 Å². The number of nitrogens with two attached hydrogens (primary N) is 1. The normalized spacial score (nSPS) is 17.2. The molecule has 1 amide bonds. The van der Waals surface area contributed by atoms with Crippen molar-refractivity contribution in [1.82, 2.24) is 9.21 Å². The maximum atomic E-state index is 12.7. The van der Waals surface area contributed by atoms with Gasteiger partial charge in [0, 0.05) is 26.2 Å². The van der Waals surface area contributed by atoms with Crippen molar-refractivity contribution in [2.24, 2.45) is 5.73 Å². The van der Waals surface area contributed by atoms with Gasteiger partial charge < -0.3 is 10.6 Å². The summed E-state index contributed by atoms with van der Waals surface area (Å²) in [5.74, 6) is -0.133. The zero-order valence-corrected chi connectivity index (χ0v) is 15.8. The molecule has 0 aliphatic carbocycles. The predicted molar refractivity (Wildman–Crippen MR) is 96.7 cm³/mol. The molecule has 0 bridgehead atoms. The van der Waals surface area contributed by atoms with Crippen LogP contribution in [0.5, 0.6) is 0 Å². The highest BCUT2D eigenvalue weighted by atomic mass is 35.5. The number of benzene rings is 1. The number of amides is 1. The van der Waals surface area contributed by atoms with Gasteiger partial charge in [-0.3, -0.25) is 4.79 Å². The number of sulfonamides is 1. The van der Waals surface area contributed by atoms with Crippen LogP contribution in [-0.4, -0.2) is 55.8 Å². The van der Waals surface area contributed by atoms with E-state index >= 15 is 0 Å². The van der Waals surface area contributed by atoms with Crippen molar-refractivity contribution in [3.63, 3.8) is 0 Å². The summed E-state index contributed by atoms with van der Waals surface area (Å²) >= 11 is 0. The van der Waals surface area contributed by atoms with Crippen molar-refractivity contribution >= 4 is 28.3 Å². The van der Waals surface area contributed by atoms with Gasteiger partial charge in [0.1, 0.15) is 0 Å². The van der Waals surface area contributed by atoms with E-state index in [1.807, 2.05) is 12.1 Å². The molecule has 1 aromatic carbocycles. The van der Waals surface area contributed by atoms with Crippen molar-refractivity contribution < 1.29 is 13.2 Å². The third-order valence-electron chi connectivity index (χ3n) is 4.04. The second-order valence-electron chi connectivity index (χ2n) is 5.91. The molecule has 136 valence electrons. The van der Waals surface area contributed by atoms with E-state index < -0.39 is 16.1 Å². The summed E-state index contributed by atoms with van der Waals surface area (Å²) in [7, 11) is -3.50. The predicted octanol–water partition coefficient (Wildman–Crippen LogP) is 1.24. The van der Waals surface area contributed by atoms with Gasteiger partial charge in [-0.15, -0.1) is 12.4 Å². The molecule has 2 N–H and O–H groups in total. The van der Waals surface area contributed by atoms with E-state index in [9.17, 15) is 13.2 Å². The van der Waals surface area contributed by atoms with Gasteiger partial charge in [0.25, 0.3) is 0 Å². The fourth-order valence-corrected chi connectivity index (χ4v) is 4.12. The topological polar surface area (TPSA) is 83.7 Å². The van der Waals surface area contributed by atoms with Crippen molar-refractivity contribution in [1.29, 1.82) is 0 Å². The van der Waals surface area contributed by atoms with Crippen molar-refractivity contribution in [2.45, 2.75) is 37.6 Å². The van der Waals surface area contributed by atoms with Crippen LogP contribution in [0.2, 0.25) is 0 Å². The second-order valence-corrected chi connectivity index (χ2v) is 7.85. The summed E-state index contributed by atoms with van der Waals surface area (Å²) < 4.78 is 26.8. The van der Waals surface area contributed by atoms with Crippen LogP contribution in [0.15, 0.2) is 29.2 Å². The molecule has 24 heavy (non-hydrogen) atoms. The Morgan fingerprint density at radius 1 is 1.17 bits per heavy atom. The molecule has 1 saturated heterocycles. The molecule has 1 heterocycles. The Hall–Kier alpha value is -1.15. The highest BCUT2D eigenvalue weighted by Crippen LogP contribution is 2.19. The molecule has 1 aliphatic rings. The molecule has 1 atom stereocenters. The Kier molecular flexibility index (Phi) is 7.66. The average Bonchev–Trinajstić information content (AvgIpc) is 2.55. The first-order valence-corrected chi connectivity index (χ1v) is 9.43. The van der Waals surface area contributed by atoms with E-state index in [4.69, 9.17) is 5.73 Å². The van der Waals surface area contributed by atoms with E-state index in [0.717, 1.165) is 18.4 Å². The molecule has 2 rings (SSSR count). The van der Waals surface area contributed by atoms with Crippen LogP contribution in [0.4, 0.5) is 0 Å². The number of carbonyl (C=O) groups excluding carboxylic acids is 1. The summed E-state index contributed by atoms with van der Waals surface area (Å²) in [6.07, 6.45) is 1.97. The number of hydrogen-bond acceptors (Lipinski definition) is 4. The molecule has 0 saturated carbocycles. The fraction of sp³-hybridized carbons (Fsp3) is 0.562. The lowest BCUT2D eigenvalue weighted by Gasteiger charge is -2.34. The largest absolute Gasteiger partial charge is 0.339 e. The van der Waals surface area contributed by atoms with E-state index in [-0.39, 0.29) is 18.3 Å². The first kappa shape index (κ1) is 20.9. The van der Waals surface area contributed by atoms with E-state index in [2.05, 4.69) is 6.92 Å². The van der Waals surface area contributed by atoms with Crippen molar-refractivity contribution in [2.75, 3.05) is 26.2 Å². The summed E-state index contributed by atoms with van der Waals surface area (Å²) in [5.41, 5.74) is 6.73. The van der Waals surface area contributed by atoms with E-state index in [1.54, 1.807) is 24.0 Å². The summed E-state index contributed by atoms with van der Waals surface area (Å²) in [6, 6.07) is 6.52. The lowest BCUT2D eigenvalue weighted by molar-refractivity contribution is -0.133. The Morgan fingerprint density at radius 2 is 1.71 bits per heavy atom. The highest BCUT2D eigenvalue weighted by molar-refractivity contribution is 7.89. The van der Waals surface area contributed by atoms with Crippen LogP contribution in [-0.2, 0) is 21.2 Å². The first-order chi connectivity index (χ1) is 10.9. The monoisotopic (exact) mass is 375 g/mol. The van der Waals surface area contributed by atoms with Gasteiger partial charge in [-0.2, -0.15) is 4.31 Å². The minimum atomic E-state index is -3.50. The molecule has 1 fully saturated rings. The number of carbonyl (C=O) groups is 1. The summed E-state index contributed by atoms with van der Waals surface area (Å²) in [6.45, 7) is 5.10. The molecule has 0 radical (unpaired) electrons. The molecular formula is C16H26ClN3O3S. The van der Waals surface area contributed by atoms with Gasteiger partial charge in [-0.1, -0.05) is 25.5 Å². The molecule has 0 unspecified atom stereocenters. The second kappa shape index (κ2) is 8.80. The van der Waals surface area contributed by atoms with E-state index in [1.165, 1.54) is 4.31 Å². The van der Waals surface area contributed by atoms with Gasteiger partial charge >= 0.3 is 0 Å². The molecule has 0 aromatic heterocycles. The maximum Gasteiger partial charge on any atom is 0.243 e. The van der Waals surface area contributed by atoms with Crippen LogP contribution in [0.3, 0.4) is 0 Å². The average molecular weight is 376 g/mol. The SMILES string of the molecule is CCCc1ccc(S(=O)(=O)N2CCN(C(=O)[C@H](C)N)CC2)cc1.Cl. The standard InChI is InChI=1S/C16H25N3O3S.ClH/c1-3-4-14-5-7-15(8-6-14)23(21,22)19-11-9-18(10-12-19)16(20)13(2)17;/h5-8,13H,3-4,9-12,17H2,1-2H3;1H/t13-;/m0./s1. The zero-order valence-electron chi connectivity index (χ0n) is 14.1. The van der Waals surface area contributed by atoms with Crippen molar-refractivity contribution in [3.05, 3.63) is 29.8 Å². The molecule has 1 aliphatic heterocycles. The molecule has 6 nitrogen and oxygen atoms in total. The Bertz CT molecular complexity index is 639. The van der Waals surface area contributed by atoms with Crippen molar-refractivity contribution in [3.8, 4) is 0 Å². The lowest BCUT2D eigenvalue weighted by atomic mass is 10.1. The van der Waals surface area contributed by atoms with Crippen LogP contribution in [0, 0.1) is 0 Å². The smallest absolute Gasteiger partial charge is 0.243 e. The Balaban J connectivity index is 0.00000288. The summed E-state index contributed by atoms with van der Waals surface area (Å²) in [5, 5.41) is 0. The van der Waals surface area contributed by atoms with Crippen LogP contribution < -0.4 is 5.73 Å². The number of hydrogen-bond donors (Lipinski definition) is 1. The quantitative estimate of drug-likeness (QED) is 0.839. The first-order valence-electron chi connectivity index (χ1n) is 7.99. The third kappa shape index (κ3) is 4.69. The number of nitrogens with zero attached hydrogens (tertiary/aromatic N) is 2. The Morgan fingerprint density at radius 3 is 2.17 bits per heavy atom. The summed E-state index contributed by atoms with van der Waals surface area (Å²) in [4.78, 5) is 13.8. The van der Waals surface area contributed by atoms with Gasteiger partial charge in [0.05, 0.1) is 10.9 Å². The zero-order chi connectivity index (χ0) is 17.0. The van der Waals surface area contributed by atoms with Gasteiger partial charge in [0.2, 0.25) is 15.9 Å². The molecular weight excluding hydrogens is 350 g/mol. The third-order valence-corrected chi connectivity index (χ3v) is 5.95. The molecule has 8 heteroatoms. The molecule has 0 spiro atoms. The highest BCUT2D eigenvalue weighted by Gasteiger charge is 2.30. The minimum Gasteiger partial charge on any atom is -0.339 e. The minimum absolute atomic E-state index is 0. The maximum absolute atomic E-state index is 12.7. The number of rotatable bonds is 5. The van der Waals surface area contributed by atoms with Gasteiger partial charge in [0.15, 0.2) is 0 Å². The van der Waals surface area contributed by atoms with E-state index in [0.29, 0.717) is 31.1 Å². The number of halogens is 1. The van der Waals surface area contributed by atoms with Gasteiger partial charge in [-0.05, 0) is 31.0 Å². The fourth-order valence-electron chi connectivity index (χ4n) is 2.70. The van der Waals surface area contributed by atoms with Crippen LogP contribution in [0.25, 0.3) is 0 Å².